The molecule has 1 aliphatic rings. The van der Waals surface area contributed by atoms with E-state index in [0.29, 0.717) is 0 Å². The molecule has 0 bridgehead atoms. The van der Waals surface area contributed by atoms with Crippen molar-refractivity contribution in [1.82, 2.24) is 9.78 Å². The Bertz CT molecular complexity index is 340. The lowest BCUT2D eigenvalue weighted by atomic mass is 10.1. The molecule has 1 fully saturated rings. The average Bonchev–Trinajstić information content (AvgIpc) is 2.76. The van der Waals surface area contributed by atoms with E-state index in [1.165, 1.54) is 29.3 Å². The van der Waals surface area contributed by atoms with Gasteiger partial charge in [0.05, 0.1) is 17.1 Å². The van der Waals surface area contributed by atoms with Gasteiger partial charge in [-0.2, -0.15) is 16.9 Å². The van der Waals surface area contributed by atoms with Gasteiger partial charge in [0.25, 0.3) is 0 Å². The summed E-state index contributed by atoms with van der Waals surface area (Å²) >= 11 is 2.07. The standard InChI is InChI=1S/C11H19N3S/c1-8-11(9(2)14(3)13-8)12-6-10-4-5-15-7-10/h10,12H,4-7H2,1-3H3. The third kappa shape index (κ3) is 2.30. The van der Waals surface area contributed by atoms with Crippen LogP contribution in [0.5, 0.6) is 0 Å². The van der Waals surface area contributed by atoms with E-state index in [9.17, 15) is 0 Å². The van der Waals surface area contributed by atoms with E-state index < -0.39 is 0 Å². The summed E-state index contributed by atoms with van der Waals surface area (Å²) in [4.78, 5) is 0. The summed E-state index contributed by atoms with van der Waals surface area (Å²) in [6.45, 7) is 5.28. The first-order valence-corrected chi connectivity index (χ1v) is 6.65. The van der Waals surface area contributed by atoms with Crippen molar-refractivity contribution in [1.29, 1.82) is 0 Å². The van der Waals surface area contributed by atoms with E-state index in [-0.39, 0.29) is 0 Å². The minimum absolute atomic E-state index is 0.842. The average molecular weight is 225 g/mol. The number of rotatable bonds is 3. The molecule has 0 aromatic carbocycles. The monoisotopic (exact) mass is 225 g/mol. The van der Waals surface area contributed by atoms with Crippen LogP contribution in [0.25, 0.3) is 0 Å². The summed E-state index contributed by atoms with van der Waals surface area (Å²) < 4.78 is 1.95. The number of aromatic nitrogens is 2. The molecule has 0 radical (unpaired) electrons. The maximum Gasteiger partial charge on any atom is 0.0827 e. The minimum atomic E-state index is 0.842. The third-order valence-electron chi connectivity index (χ3n) is 3.10. The van der Waals surface area contributed by atoms with Gasteiger partial charge >= 0.3 is 0 Å². The zero-order chi connectivity index (χ0) is 10.8. The summed E-state index contributed by atoms with van der Waals surface area (Å²) in [5, 5.41) is 7.95. The Kier molecular flexibility index (Phi) is 3.24. The molecule has 1 atom stereocenters. The fourth-order valence-corrected chi connectivity index (χ4v) is 3.30. The summed E-state index contributed by atoms with van der Waals surface area (Å²) in [6, 6.07) is 0. The number of nitrogens with zero attached hydrogens (tertiary/aromatic N) is 2. The first-order chi connectivity index (χ1) is 7.18. The zero-order valence-corrected chi connectivity index (χ0v) is 10.5. The highest BCUT2D eigenvalue weighted by atomic mass is 32.2. The topological polar surface area (TPSA) is 29.9 Å². The van der Waals surface area contributed by atoms with Crippen molar-refractivity contribution in [3.63, 3.8) is 0 Å². The molecule has 0 spiro atoms. The molecule has 1 unspecified atom stereocenters. The molecule has 1 aromatic rings. The summed E-state index contributed by atoms with van der Waals surface area (Å²) in [6.07, 6.45) is 1.36. The lowest BCUT2D eigenvalue weighted by Crippen LogP contribution is -2.14. The molecule has 0 aliphatic carbocycles. The van der Waals surface area contributed by atoms with Gasteiger partial charge in [0.1, 0.15) is 0 Å². The molecule has 0 amide bonds. The summed E-state index contributed by atoms with van der Waals surface area (Å²) in [5.74, 6) is 3.48. The normalized spacial score (nSPS) is 20.9. The van der Waals surface area contributed by atoms with Crippen molar-refractivity contribution >= 4 is 17.4 Å². The number of aryl methyl sites for hydroxylation is 2. The van der Waals surface area contributed by atoms with Gasteiger partial charge in [-0.1, -0.05) is 0 Å². The Morgan fingerprint density at radius 3 is 2.87 bits per heavy atom. The first-order valence-electron chi connectivity index (χ1n) is 5.50. The second-order valence-corrected chi connectivity index (χ2v) is 5.43. The highest BCUT2D eigenvalue weighted by molar-refractivity contribution is 7.99. The first kappa shape index (κ1) is 10.9. The lowest BCUT2D eigenvalue weighted by Gasteiger charge is -2.11. The van der Waals surface area contributed by atoms with Crippen LogP contribution in [-0.4, -0.2) is 27.8 Å². The SMILES string of the molecule is Cc1nn(C)c(C)c1NCC1CCSC1. The molecular formula is C11H19N3S. The largest absolute Gasteiger partial charge is 0.382 e. The molecule has 15 heavy (non-hydrogen) atoms. The van der Waals surface area contributed by atoms with Crippen LogP contribution in [0.2, 0.25) is 0 Å². The van der Waals surface area contributed by atoms with Crippen molar-refractivity contribution in [2.24, 2.45) is 13.0 Å². The molecule has 2 heterocycles. The van der Waals surface area contributed by atoms with Crippen LogP contribution in [0.1, 0.15) is 17.8 Å². The number of hydrogen-bond donors (Lipinski definition) is 1. The molecule has 84 valence electrons. The van der Waals surface area contributed by atoms with Crippen LogP contribution in [0.4, 0.5) is 5.69 Å². The van der Waals surface area contributed by atoms with E-state index in [4.69, 9.17) is 0 Å². The Balaban J connectivity index is 1.97. The quantitative estimate of drug-likeness (QED) is 0.855. The number of anilines is 1. The molecule has 3 nitrogen and oxygen atoms in total. The minimum Gasteiger partial charge on any atom is -0.382 e. The van der Waals surface area contributed by atoms with E-state index in [1.807, 2.05) is 11.7 Å². The van der Waals surface area contributed by atoms with Gasteiger partial charge < -0.3 is 5.32 Å². The van der Waals surface area contributed by atoms with Crippen LogP contribution >= 0.6 is 11.8 Å². The van der Waals surface area contributed by atoms with E-state index in [0.717, 1.165) is 18.2 Å². The Labute approximate surface area is 95.6 Å². The van der Waals surface area contributed by atoms with Gasteiger partial charge in [0.15, 0.2) is 0 Å². The van der Waals surface area contributed by atoms with Gasteiger partial charge in [0, 0.05) is 13.6 Å². The van der Waals surface area contributed by atoms with Crippen LogP contribution in [0.15, 0.2) is 0 Å². The predicted molar refractivity (Wildman–Crippen MR) is 66.6 cm³/mol. The molecule has 4 heteroatoms. The molecular weight excluding hydrogens is 206 g/mol. The van der Waals surface area contributed by atoms with E-state index in [2.05, 4.69) is 36.0 Å². The van der Waals surface area contributed by atoms with Crippen molar-refractivity contribution in [2.45, 2.75) is 20.3 Å². The second kappa shape index (κ2) is 4.47. The Morgan fingerprint density at radius 1 is 1.53 bits per heavy atom. The summed E-state index contributed by atoms with van der Waals surface area (Å²) in [7, 11) is 2.00. The van der Waals surface area contributed by atoms with Gasteiger partial charge in [-0.3, -0.25) is 4.68 Å². The van der Waals surface area contributed by atoms with Crippen molar-refractivity contribution in [3.8, 4) is 0 Å². The molecule has 0 saturated carbocycles. The van der Waals surface area contributed by atoms with Gasteiger partial charge in [-0.15, -0.1) is 0 Å². The van der Waals surface area contributed by atoms with Crippen LogP contribution < -0.4 is 5.32 Å². The van der Waals surface area contributed by atoms with Crippen molar-refractivity contribution in [2.75, 3.05) is 23.4 Å². The molecule has 1 aliphatic heterocycles. The molecule has 1 N–H and O–H groups in total. The Hall–Kier alpha value is -0.640. The van der Waals surface area contributed by atoms with Gasteiger partial charge in [0.2, 0.25) is 0 Å². The Morgan fingerprint density at radius 2 is 2.33 bits per heavy atom. The molecule has 2 rings (SSSR count). The fraction of sp³-hybridized carbons (Fsp3) is 0.727. The second-order valence-electron chi connectivity index (χ2n) is 4.28. The highest BCUT2D eigenvalue weighted by Crippen LogP contribution is 2.25. The van der Waals surface area contributed by atoms with E-state index >= 15 is 0 Å². The maximum absolute atomic E-state index is 4.40. The maximum atomic E-state index is 4.40. The summed E-state index contributed by atoms with van der Waals surface area (Å²) in [5.41, 5.74) is 3.58. The predicted octanol–water partition coefficient (Wildman–Crippen LogP) is 2.20. The number of nitrogens with one attached hydrogen (secondary N) is 1. The van der Waals surface area contributed by atoms with Gasteiger partial charge in [-0.05, 0) is 37.7 Å². The smallest absolute Gasteiger partial charge is 0.0827 e. The highest BCUT2D eigenvalue weighted by Gasteiger charge is 2.16. The lowest BCUT2D eigenvalue weighted by molar-refractivity contribution is 0.631. The number of thioether (sulfide) groups is 1. The zero-order valence-electron chi connectivity index (χ0n) is 9.71. The van der Waals surface area contributed by atoms with Crippen LogP contribution in [0, 0.1) is 19.8 Å². The van der Waals surface area contributed by atoms with E-state index in [1.54, 1.807) is 0 Å². The molecule has 1 saturated heterocycles. The fourth-order valence-electron chi connectivity index (χ4n) is 2.02. The molecule has 1 aromatic heterocycles. The van der Waals surface area contributed by atoms with Gasteiger partial charge in [-0.25, -0.2) is 0 Å². The van der Waals surface area contributed by atoms with Crippen molar-refractivity contribution < 1.29 is 0 Å². The van der Waals surface area contributed by atoms with Crippen molar-refractivity contribution in [3.05, 3.63) is 11.4 Å². The van der Waals surface area contributed by atoms with Crippen LogP contribution in [-0.2, 0) is 7.05 Å². The third-order valence-corrected chi connectivity index (χ3v) is 4.33. The number of hydrogen-bond acceptors (Lipinski definition) is 3. The van der Waals surface area contributed by atoms with Crippen LogP contribution in [0.3, 0.4) is 0 Å².